The number of hydrogen-bond acceptors (Lipinski definition) is 3. The molecule has 2 unspecified atom stereocenters. The van der Waals surface area contributed by atoms with Crippen molar-refractivity contribution in [1.82, 2.24) is 9.80 Å². The maximum absolute atomic E-state index is 6.07. The highest BCUT2D eigenvalue weighted by Crippen LogP contribution is 2.10. The number of likely N-dealkylation sites (N-methyl/N-ethyl adjacent to an activating group) is 1. The van der Waals surface area contributed by atoms with E-state index in [9.17, 15) is 0 Å². The summed E-state index contributed by atoms with van der Waals surface area (Å²) in [4.78, 5) is 4.98. The van der Waals surface area contributed by atoms with Crippen molar-refractivity contribution in [2.45, 2.75) is 39.3 Å². The Bertz CT molecular complexity index is 182. The zero-order chi connectivity index (χ0) is 11.4. The van der Waals surface area contributed by atoms with Crippen LogP contribution in [0.3, 0.4) is 0 Å². The first-order valence-corrected chi connectivity index (χ1v) is 6.19. The fourth-order valence-electron chi connectivity index (χ4n) is 2.16. The molecule has 0 amide bonds. The van der Waals surface area contributed by atoms with E-state index in [4.69, 9.17) is 5.73 Å². The molecule has 1 aliphatic heterocycles. The molecule has 0 radical (unpaired) electrons. The standard InChI is InChI=1S/C12H27N3/c1-10(2)12(13)5-6-15-8-7-14(4)9-11(15)3/h10-12H,5-9,13H2,1-4H3. The van der Waals surface area contributed by atoms with Gasteiger partial charge in [0.1, 0.15) is 0 Å². The fraction of sp³-hybridized carbons (Fsp3) is 1.00. The van der Waals surface area contributed by atoms with Gasteiger partial charge in [0, 0.05) is 38.3 Å². The van der Waals surface area contributed by atoms with Gasteiger partial charge in [0.25, 0.3) is 0 Å². The monoisotopic (exact) mass is 213 g/mol. The quantitative estimate of drug-likeness (QED) is 0.756. The third-order valence-electron chi connectivity index (χ3n) is 3.57. The van der Waals surface area contributed by atoms with Crippen LogP contribution in [0.1, 0.15) is 27.2 Å². The zero-order valence-electron chi connectivity index (χ0n) is 10.7. The van der Waals surface area contributed by atoms with Gasteiger partial charge in [-0.15, -0.1) is 0 Å². The van der Waals surface area contributed by atoms with Crippen LogP contribution < -0.4 is 5.73 Å². The van der Waals surface area contributed by atoms with Crippen molar-refractivity contribution in [3.8, 4) is 0 Å². The molecule has 2 N–H and O–H groups in total. The molecule has 1 saturated heterocycles. The lowest BCUT2D eigenvalue weighted by Crippen LogP contribution is -2.51. The first kappa shape index (κ1) is 12.9. The normalized spacial score (nSPS) is 27.2. The maximum atomic E-state index is 6.07. The van der Waals surface area contributed by atoms with Crippen LogP contribution in [0.25, 0.3) is 0 Å². The second kappa shape index (κ2) is 5.83. The van der Waals surface area contributed by atoms with Crippen molar-refractivity contribution in [1.29, 1.82) is 0 Å². The number of hydrogen-bond donors (Lipinski definition) is 1. The molecule has 1 rings (SSSR count). The molecular weight excluding hydrogens is 186 g/mol. The Labute approximate surface area is 94.6 Å². The van der Waals surface area contributed by atoms with Crippen molar-refractivity contribution in [3.63, 3.8) is 0 Å². The van der Waals surface area contributed by atoms with Crippen LogP contribution in [-0.4, -0.2) is 55.1 Å². The predicted molar refractivity (Wildman–Crippen MR) is 66.0 cm³/mol. The Morgan fingerprint density at radius 2 is 2.00 bits per heavy atom. The SMILES string of the molecule is CC(C)C(N)CCN1CCN(C)CC1C. The van der Waals surface area contributed by atoms with Gasteiger partial charge in [-0.1, -0.05) is 13.8 Å². The van der Waals surface area contributed by atoms with Gasteiger partial charge in [-0.2, -0.15) is 0 Å². The van der Waals surface area contributed by atoms with E-state index in [2.05, 4.69) is 37.6 Å². The van der Waals surface area contributed by atoms with Crippen LogP contribution in [0, 0.1) is 5.92 Å². The lowest BCUT2D eigenvalue weighted by molar-refractivity contribution is 0.0958. The zero-order valence-corrected chi connectivity index (χ0v) is 10.7. The molecule has 1 aliphatic rings. The van der Waals surface area contributed by atoms with Gasteiger partial charge in [-0.05, 0) is 26.3 Å². The van der Waals surface area contributed by atoms with Crippen molar-refractivity contribution in [2.24, 2.45) is 11.7 Å². The lowest BCUT2D eigenvalue weighted by atomic mass is 10.0. The summed E-state index contributed by atoms with van der Waals surface area (Å²) in [7, 11) is 2.20. The van der Waals surface area contributed by atoms with Crippen molar-refractivity contribution >= 4 is 0 Å². The summed E-state index contributed by atoms with van der Waals surface area (Å²) < 4.78 is 0. The summed E-state index contributed by atoms with van der Waals surface area (Å²) in [5.41, 5.74) is 6.07. The van der Waals surface area contributed by atoms with Crippen molar-refractivity contribution < 1.29 is 0 Å². The van der Waals surface area contributed by atoms with Crippen LogP contribution in [0.4, 0.5) is 0 Å². The van der Waals surface area contributed by atoms with Gasteiger partial charge in [-0.3, -0.25) is 4.90 Å². The molecule has 90 valence electrons. The highest BCUT2D eigenvalue weighted by Gasteiger charge is 2.21. The Kier molecular flexibility index (Phi) is 5.03. The molecule has 0 aromatic carbocycles. The van der Waals surface area contributed by atoms with Crippen LogP contribution in [0.2, 0.25) is 0 Å². The molecule has 2 atom stereocenters. The van der Waals surface area contributed by atoms with Gasteiger partial charge < -0.3 is 10.6 Å². The van der Waals surface area contributed by atoms with E-state index in [0.717, 1.165) is 13.0 Å². The molecule has 0 aliphatic carbocycles. The van der Waals surface area contributed by atoms with Crippen molar-refractivity contribution in [3.05, 3.63) is 0 Å². The topological polar surface area (TPSA) is 32.5 Å². The molecule has 1 fully saturated rings. The highest BCUT2D eigenvalue weighted by molar-refractivity contribution is 4.78. The van der Waals surface area contributed by atoms with Crippen LogP contribution in [-0.2, 0) is 0 Å². The molecule has 1 heterocycles. The Hall–Kier alpha value is -0.120. The third kappa shape index (κ3) is 4.09. The van der Waals surface area contributed by atoms with Crippen molar-refractivity contribution in [2.75, 3.05) is 33.2 Å². The third-order valence-corrected chi connectivity index (χ3v) is 3.57. The van der Waals surface area contributed by atoms with Crippen LogP contribution >= 0.6 is 0 Å². The smallest absolute Gasteiger partial charge is 0.0195 e. The second-order valence-corrected chi connectivity index (χ2v) is 5.34. The molecular formula is C12H27N3. The molecule has 0 spiro atoms. The van der Waals surface area contributed by atoms with E-state index in [1.54, 1.807) is 0 Å². The number of rotatable bonds is 4. The predicted octanol–water partition coefficient (Wildman–Crippen LogP) is 0.996. The lowest BCUT2D eigenvalue weighted by Gasteiger charge is -2.38. The Balaban J connectivity index is 2.26. The number of piperazine rings is 1. The summed E-state index contributed by atoms with van der Waals surface area (Å²) in [6.07, 6.45) is 1.13. The summed E-state index contributed by atoms with van der Waals surface area (Å²) in [5, 5.41) is 0. The minimum Gasteiger partial charge on any atom is -0.327 e. The first-order valence-electron chi connectivity index (χ1n) is 6.19. The van der Waals surface area contributed by atoms with Crippen LogP contribution in [0.15, 0.2) is 0 Å². The Morgan fingerprint density at radius 1 is 1.33 bits per heavy atom. The first-order chi connectivity index (χ1) is 7.00. The molecule has 15 heavy (non-hydrogen) atoms. The summed E-state index contributed by atoms with van der Waals surface area (Å²) in [5.74, 6) is 0.604. The molecule has 3 nitrogen and oxygen atoms in total. The molecule has 0 aromatic heterocycles. The van der Waals surface area contributed by atoms with E-state index < -0.39 is 0 Å². The largest absolute Gasteiger partial charge is 0.327 e. The second-order valence-electron chi connectivity index (χ2n) is 5.34. The van der Waals surface area contributed by atoms with Gasteiger partial charge in [-0.25, -0.2) is 0 Å². The van der Waals surface area contributed by atoms with Gasteiger partial charge >= 0.3 is 0 Å². The minimum atomic E-state index is 0.358. The Morgan fingerprint density at radius 3 is 2.53 bits per heavy atom. The summed E-state index contributed by atoms with van der Waals surface area (Å²) in [6.45, 7) is 11.5. The van der Waals surface area contributed by atoms with E-state index in [0.29, 0.717) is 18.0 Å². The van der Waals surface area contributed by atoms with E-state index in [-0.39, 0.29) is 0 Å². The molecule has 0 bridgehead atoms. The summed E-state index contributed by atoms with van der Waals surface area (Å²) in [6, 6.07) is 1.04. The van der Waals surface area contributed by atoms with Gasteiger partial charge in [0.15, 0.2) is 0 Å². The molecule has 3 heteroatoms. The van der Waals surface area contributed by atoms with Gasteiger partial charge in [0.05, 0.1) is 0 Å². The fourth-order valence-corrected chi connectivity index (χ4v) is 2.16. The van der Waals surface area contributed by atoms with E-state index in [1.165, 1.54) is 19.6 Å². The average molecular weight is 213 g/mol. The highest BCUT2D eigenvalue weighted by atomic mass is 15.3. The average Bonchev–Trinajstić information content (AvgIpc) is 2.15. The van der Waals surface area contributed by atoms with Crippen LogP contribution in [0.5, 0.6) is 0 Å². The number of nitrogens with zero attached hydrogens (tertiary/aromatic N) is 2. The number of nitrogens with two attached hydrogens (primary N) is 1. The molecule has 0 saturated carbocycles. The molecule has 0 aromatic rings. The maximum Gasteiger partial charge on any atom is 0.0195 e. The van der Waals surface area contributed by atoms with Gasteiger partial charge in [0.2, 0.25) is 0 Å². The van der Waals surface area contributed by atoms with E-state index >= 15 is 0 Å². The summed E-state index contributed by atoms with van der Waals surface area (Å²) >= 11 is 0. The minimum absolute atomic E-state index is 0.358. The van der Waals surface area contributed by atoms with E-state index in [1.807, 2.05) is 0 Å².